The van der Waals surface area contributed by atoms with Gasteiger partial charge in [-0.1, -0.05) is 200 Å². The summed E-state index contributed by atoms with van der Waals surface area (Å²) >= 11 is 0. The van der Waals surface area contributed by atoms with Crippen molar-refractivity contribution in [1.82, 2.24) is 4.57 Å². The maximum absolute atomic E-state index is 3.99. The highest BCUT2D eigenvalue weighted by atomic mass is 15.0. The number of benzene rings is 10. The van der Waals surface area contributed by atoms with Gasteiger partial charge in [0.15, 0.2) is 0 Å². The Morgan fingerprint density at radius 1 is 0.294 bits per heavy atom. The maximum atomic E-state index is 3.99. The third kappa shape index (κ3) is 5.68. The van der Waals surface area contributed by atoms with Crippen LogP contribution in [0.1, 0.15) is 22.3 Å². The summed E-state index contributed by atoms with van der Waals surface area (Å²) < 4.78 is 2.52. The molecule has 0 bridgehead atoms. The molecule has 1 aliphatic carbocycles. The van der Waals surface area contributed by atoms with Gasteiger partial charge in [-0.25, -0.2) is 4.98 Å². The first-order valence-corrected chi connectivity index (χ1v) is 23.6. The fourth-order valence-electron chi connectivity index (χ4n) is 11.7. The zero-order valence-corrected chi connectivity index (χ0v) is 37.2. The van der Waals surface area contributed by atoms with Crippen LogP contribution in [0.2, 0.25) is 0 Å². The molecule has 0 radical (unpaired) electrons. The van der Waals surface area contributed by atoms with Gasteiger partial charge < -0.3 is 4.57 Å². The number of nitrogens with zero attached hydrogens (tertiary/aromatic N) is 1. The summed E-state index contributed by atoms with van der Waals surface area (Å²) in [6.45, 7) is 0. The van der Waals surface area contributed by atoms with Crippen molar-refractivity contribution in [3.63, 3.8) is 0 Å². The lowest BCUT2D eigenvalue weighted by Gasteiger charge is -2.39. The third-order valence-electron chi connectivity index (χ3n) is 14.7. The van der Waals surface area contributed by atoms with Crippen LogP contribution in [-0.2, 0) is 5.41 Å². The second kappa shape index (κ2) is 15.1. The van der Waals surface area contributed by atoms with Gasteiger partial charge in [0.2, 0.25) is 11.4 Å². The van der Waals surface area contributed by atoms with Gasteiger partial charge in [-0.2, -0.15) is 0 Å². The minimum absolute atomic E-state index is 0.591. The maximum Gasteiger partial charge on any atom is 0.212 e. The number of hydrogen-bond donors (Lipinski definition) is 0. The van der Waals surface area contributed by atoms with Crippen LogP contribution in [0.5, 0.6) is 0 Å². The summed E-state index contributed by atoms with van der Waals surface area (Å²) in [7, 11) is 0. The monoisotopic (exact) mass is 863 g/mol. The molecular formula is C66H43N2+. The van der Waals surface area contributed by atoms with Gasteiger partial charge in [0, 0.05) is 34.0 Å². The number of hydrogen-bond acceptors (Lipinski definition) is 0. The Labute approximate surface area is 395 Å². The SMILES string of the molecule is c1ccc(-c2cccc(-c3ccc(-c4ccc5c(c4)-c4c(-c6cc(-c7ccccc7)cc(-c7ccccc7)[nH+]6)cccc4C54c5ccccc5-n5c6ccccc6c6cccc4c65)cc3)c2)cc1. The number of rotatable bonds is 6. The Kier molecular flexibility index (Phi) is 8.53. The van der Waals surface area contributed by atoms with E-state index in [-0.39, 0.29) is 0 Å². The number of aromatic amines is 1. The quantitative estimate of drug-likeness (QED) is 0.159. The molecule has 68 heavy (non-hydrogen) atoms. The van der Waals surface area contributed by atoms with E-state index in [2.05, 4.69) is 264 Å². The van der Waals surface area contributed by atoms with Crippen molar-refractivity contribution in [3.05, 3.63) is 277 Å². The number of fused-ring (bicyclic) bond motifs is 12. The molecule has 2 aromatic heterocycles. The fraction of sp³-hybridized carbons (Fsp3) is 0.0152. The van der Waals surface area contributed by atoms with Crippen LogP contribution in [-0.4, -0.2) is 4.57 Å². The van der Waals surface area contributed by atoms with E-state index in [0.29, 0.717) is 0 Å². The van der Waals surface area contributed by atoms with Crippen molar-refractivity contribution >= 4 is 21.8 Å². The lowest BCUT2D eigenvalue weighted by molar-refractivity contribution is -0.351. The standard InChI is InChI=1S/C66H42N2/c1-4-17-43(18-5-1)48-23-14-24-49(39-48)45-33-35-46(36-34-45)50-37-38-56-55(40-50)64-54(61-42-51(44-19-6-2-7-20-44)41-60(67-61)47-21-8-3-9-22-47)27-16-29-58(64)66(56)57-28-11-13-32-63(57)68-62-31-12-10-25-52(62)53-26-15-30-59(66)65(53)68/h1-42H/p+1. The molecule has 2 heteroatoms. The molecule has 3 heterocycles. The van der Waals surface area contributed by atoms with Gasteiger partial charge in [-0.3, -0.25) is 0 Å². The molecule has 0 fully saturated rings. The molecule has 2 nitrogen and oxygen atoms in total. The number of pyridine rings is 1. The van der Waals surface area contributed by atoms with E-state index in [1.807, 2.05) is 0 Å². The highest BCUT2D eigenvalue weighted by Crippen LogP contribution is 2.62. The van der Waals surface area contributed by atoms with Crippen LogP contribution in [0, 0.1) is 0 Å². The molecule has 1 N–H and O–H groups in total. The largest absolute Gasteiger partial charge is 0.309 e. The Morgan fingerprint density at radius 3 is 1.56 bits per heavy atom. The molecule has 12 aromatic rings. The van der Waals surface area contributed by atoms with Gasteiger partial charge in [-0.15, -0.1) is 0 Å². The first-order chi connectivity index (χ1) is 33.7. The molecule has 14 rings (SSSR count). The van der Waals surface area contributed by atoms with Crippen LogP contribution >= 0.6 is 0 Å². The minimum atomic E-state index is -0.591. The summed E-state index contributed by atoms with van der Waals surface area (Å²) in [5, 5.41) is 2.55. The molecule has 2 aliphatic rings. The zero-order valence-electron chi connectivity index (χ0n) is 37.2. The topological polar surface area (TPSA) is 19.1 Å². The minimum Gasteiger partial charge on any atom is -0.309 e. The van der Waals surface area contributed by atoms with Crippen LogP contribution in [0.4, 0.5) is 0 Å². The van der Waals surface area contributed by atoms with Crippen molar-refractivity contribution in [3.8, 4) is 83.8 Å². The van der Waals surface area contributed by atoms with E-state index >= 15 is 0 Å². The van der Waals surface area contributed by atoms with Crippen LogP contribution in [0.3, 0.4) is 0 Å². The van der Waals surface area contributed by atoms with Gasteiger partial charge in [0.1, 0.15) is 0 Å². The smallest absolute Gasteiger partial charge is 0.212 e. The summed E-state index contributed by atoms with van der Waals surface area (Å²) in [5.74, 6) is 0. The average molecular weight is 864 g/mol. The summed E-state index contributed by atoms with van der Waals surface area (Å²) in [6.07, 6.45) is 0. The summed E-state index contributed by atoms with van der Waals surface area (Å²) in [5.41, 5.74) is 24.9. The van der Waals surface area contributed by atoms with Crippen LogP contribution < -0.4 is 4.98 Å². The lowest BCUT2D eigenvalue weighted by Crippen LogP contribution is -2.33. The predicted molar refractivity (Wildman–Crippen MR) is 281 cm³/mol. The van der Waals surface area contributed by atoms with E-state index in [1.165, 1.54) is 111 Å². The molecule has 0 saturated carbocycles. The predicted octanol–water partition coefficient (Wildman–Crippen LogP) is 16.3. The fourth-order valence-corrected chi connectivity index (χ4v) is 11.7. The Hall–Kier alpha value is -8.85. The molecule has 1 atom stereocenters. The first-order valence-electron chi connectivity index (χ1n) is 23.6. The number of nitrogens with one attached hydrogen (secondary N) is 1. The van der Waals surface area contributed by atoms with E-state index in [9.17, 15) is 0 Å². The second-order valence-corrected chi connectivity index (χ2v) is 18.3. The first kappa shape index (κ1) is 38.4. The molecule has 1 spiro atoms. The van der Waals surface area contributed by atoms with Crippen LogP contribution in [0.15, 0.2) is 255 Å². The van der Waals surface area contributed by atoms with Gasteiger partial charge in [-0.05, 0) is 115 Å². The Morgan fingerprint density at radius 2 is 0.809 bits per heavy atom. The lowest BCUT2D eigenvalue weighted by atomic mass is 9.65. The van der Waals surface area contributed by atoms with Crippen LogP contribution in [0.25, 0.3) is 106 Å². The van der Waals surface area contributed by atoms with Gasteiger partial charge >= 0.3 is 0 Å². The molecule has 0 amide bonds. The number of para-hydroxylation sites is 3. The van der Waals surface area contributed by atoms with Crippen molar-refractivity contribution in [2.75, 3.05) is 0 Å². The third-order valence-corrected chi connectivity index (χ3v) is 14.7. The molecule has 1 aliphatic heterocycles. The molecular weight excluding hydrogens is 821 g/mol. The summed E-state index contributed by atoms with van der Waals surface area (Å²) in [4.78, 5) is 3.99. The summed E-state index contributed by atoms with van der Waals surface area (Å²) in [6, 6.07) is 94.1. The number of aromatic nitrogens is 2. The van der Waals surface area contributed by atoms with E-state index in [4.69, 9.17) is 0 Å². The number of H-pyrrole nitrogens is 1. The Balaban J connectivity index is 1.02. The molecule has 316 valence electrons. The highest BCUT2D eigenvalue weighted by molar-refractivity contribution is 6.13. The highest BCUT2D eigenvalue weighted by Gasteiger charge is 2.51. The molecule has 10 aromatic carbocycles. The van der Waals surface area contributed by atoms with E-state index in [1.54, 1.807) is 0 Å². The van der Waals surface area contributed by atoms with Crippen molar-refractivity contribution < 1.29 is 4.98 Å². The van der Waals surface area contributed by atoms with Crippen molar-refractivity contribution in [2.24, 2.45) is 0 Å². The second-order valence-electron chi connectivity index (χ2n) is 18.3. The zero-order chi connectivity index (χ0) is 44.8. The van der Waals surface area contributed by atoms with Gasteiger partial charge in [0.05, 0.1) is 27.7 Å². The van der Waals surface area contributed by atoms with Gasteiger partial charge in [0.25, 0.3) is 0 Å². The van der Waals surface area contributed by atoms with E-state index in [0.717, 1.165) is 17.0 Å². The van der Waals surface area contributed by atoms with E-state index < -0.39 is 5.41 Å². The Bertz CT molecular complexity index is 3880. The van der Waals surface area contributed by atoms with Crippen molar-refractivity contribution in [1.29, 1.82) is 0 Å². The molecule has 1 unspecified atom stereocenters. The average Bonchev–Trinajstić information content (AvgIpc) is 3.92. The van der Waals surface area contributed by atoms with Crippen molar-refractivity contribution in [2.45, 2.75) is 5.41 Å². The normalized spacial score (nSPS) is 14.2. The molecule has 0 saturated heterocycles.